The van der Waals surface area contributed by atoms with Crippen LogP contribution in [0.2, 0.25) is 0 Å². The summed E-state index contributed by atoms with van der Waals surface area (Å²) in [6.07, 6.45) is 1.33. The monoisotopic (exact) mass is 262 g/mol. The van der Waals surface area contributed by atoms with Crippen LogP contribution in [0.15, 0.2) is 24.3 Å². The van der Waals surface area contributed by atoms with Gasteiger partial charge in [0, 0.05) is 31.2 Å². The highest BCUT2D eigenvalue weighted by molar-refractivity contribution is 5.35. The summed E-state index contributed by atoms with van der Waals surface area (Å²) in [5.41, 5.74) is 7.48. The van der Waals surface area contributed by atoms with Gasteiger partial charge in [0.1, 0.15) is 5.75 Å². The van der Waals surface area contributed by atoms with E-state index in [1.807, 2.05) is 18.2 Å². The number of ether oxygens (including phenoxy) is 1. The summed E-state index contributed by atoms with van der Waals surface area (Å²) in [7, 11) is 1.70. The predicted octanol–water partition coefficient (Wildman–Crippen LogP) is 2.67. The van der Waals surface area contributed by atoms with Crippen LogP contribution in [0.4, 0.5) is 0 Å². The average Bonchev–Trinajstić information content (AvgIpc) is 2.37. The van der Waals surface area contributed by atoms with Crippen LogP contribution in [0, 0.1) is 11.8 Å². The minimum Gasteiger partial charge on any atom is -0.496 e. The molecule has 106 valence electrons. The minimum absolute atomic E-state index is 0.0219. The molecule has 1 saturated heterocycles. The highest BCUT2D eigenvalue weighted by Gasteiger charge is 2.24. The van der Waals surface area contributed by atoms with Crippen LogP contribution in [0.25, 0.3) is 0 Å². The molecule has 1 aromatic rings. The Bertz CT molecular complexity index is 397. The van der Waals surface area contributed by atoms with Gasteiger partial charge in [0.25, 0.3) is 0 Å². The summed E-state index contributed by atoms with van der Waals surface area (Å²) in [6.45, 7) is 7.89. The number of rotatable bonds is 4. The standard InChI is InChI=1S/C16H26N2O/c1-12-8-13(2)10-18(9-12)11-15(17)14-6-4-5-7-16(14)19-3/h4-7,12-13,15H,8-11,17H2,1-3H3. The van der Waals surface area contributed by atoms with E-state index in [1.54, 1.807) is 7.11 Å². The number of likely N-dealkylation sites (tertiary alicyclic amines) is 1. The molecule has 1 fully saturated rings. The summed E-state index contributed by atoms with van der Waals surface area (Å²) >= 11 is 0. The minimum atomic E-state index is 0.0219. The summed E-state index contributed by atoms with van der Waals surface area (Å²) < 4.78 is 5.40. The van der Waals surface area contributed by atoms with E-state index in [2.05, 4.69) is 24.8 Å². The molecule has 0 radical (unpaired) electrons. The van der Waals surface area contributed by atoms with Gasteiger partial charge in [0.05, 0.1) is 7.11 Å². The van der Waals surface area contributed by atoms with E-state index in [9.17, 15) is 0 Å². The van der Waals surface area contributed by atoms with Crippen molar-refractivity contribution in [1.29, 1.82) is 0 Å². The van der Waals surface area contributed by atoms with Gasteiger partial charge in [0.15, 0.2) is 0 Å². The molecule has 1 aliphatic heterocycles. The first kappa shape index (κ1) is 14.4. The molecule has 2 N–H and O–H groups in total. The summed E-state index contributed by atoms with van der Waals surface area (Å²) in [4.78, 5) is 2.50. The van der Waals surface area contributed by atoms with Crippen molar-refractivity contribution in [2.24, 2.45) is 17.6 Å². The Hall–Kier alpha value is -1.06. The maximum atomic E-state index is 6.37. The SMILES string of the molecule is COc1ccccc1C(N)CN1CC(C)CC(C)C1. The zero-order chi connectivity index (χ0) is 13.8. The molecule has 0 bridgehead atoms. The first-order valence-corrected chi connectivity index (χ1v) is 7.21. The molecule has 3 atom stereocenters. The fraction of sp³-hybridized carbons (Fsp3) is 0.625. The van der Waals surface area contributed by atoms with Gasteiger partial charge < -0.3 is 15.4 Å². The summed E-state index contributed by atoms with van der Waals surface area (Å²) in [5.74, 6) is 2.44. The Balaban J connectivity index is 2.02. The third-order valence-corrected chi connectivity index (χ3v) is 3.94. The Labute approximate surface area is 116 Å². The van der Waals surface area contributed by atoms with E-state index in [-0.39, 0.29) is 6.04 Å². The number of benzene rings is 1. The normalized spacial score (nSPS) is 26.1. The van der Waals surface area contributed by atoms with Crippen molar-refractivity contribution in [3.8, 4) is 5.75 Å². The van der Waals surface area contributed by atoms with Gasteiger partial charge in [-0.1, -0.05) is 32.0 Å². The second-order valence-corrected chi connectivity index (χ2v) is 6.01. The van der Waals surface area contributed by atoms with Crippen molar-refractivity contribution in [3.63, 3.8) is 0 Å². The molecule has 0 spiro atoms. The van der Waals surface area contributed by atoms with Gasteiger partial charge in [-0.2, -0.15) is 0 Å². The molecule has 0 aliphatic carbocycles. The van der Waals surface area contributed by atoms with E-state index >= 15 is 0 Å². The Morgan fingerprint density at radius 3 is 2.53 bits per heavy atom. The largest absolute Gasteiger partial charge is 0.496 e. The number of nitrogens with two attached hydrogens (primary N) is 1. The molecule has 1 aliphatic rings. The molecule has 0 aromatic heterocycles. The first-order chi connectivity index (χ1) is 9.10. The van der Waals surface area contributed by atoms with Crippen molar-refractivity contribution in [1.82, 2.24) is 4.90 Å². The Morgan fingerprint density at radius 1 is 1.26 bits per heavy atom. The number of methoxy groups -OCH3 is 1. The van der Waals surface area contributed by atoms with Gasteiger partial charge in [-0.25, -0.2) is 0 Å². The van der Waals surface area contributed by atoms with Crippen molar-refractivity contribution < 1.29 is 4.74 Å². The quantitative estimate of drug-likeness (QED) is 0.906. The van der Waals surface area contributed by atoms with E-state index in [0.717, 1.165) is 42.8 Å². The van der Waals surface area contributed by atoms with Gasteiger partial charge in [0.2, 0.25) is 0 Å². The number of piperidine rings is 1. The number of hydrogen-bond donors (Lipinski definition) is 1. The van der Waals surface area contributed by atoms with Crippen molar-refractivity contribution in [2.45, 2.75) is 26.3 Å². The third-order valence-electron chi connectivity index (χ3n) is 3.94. The molecule has 3 nitrogen and oxygen atoms in total. The van der Waals surface area contributed by atoms with E-state index in [4.69, 9.17) is 10.5 Å². The predicted molar refractivity (Wildman–Crippen MR) is 79.3 cm³/mol. The zero-order valence-electron chi connectivity index (χ0n) is 12.3. The molecule has 0 saturated carbocycles. The smallest absolute Gasteiger partial charge is 0.123 e. The highest BCUT2D eigenvalue weighted by Crippen LogP contribution is 2.26. The van der Waals surface area contributed by atoms with E-state index in [1.165, 1.54) is 6.42 Å². The molecule has 3 unspecified atom stereocenters. The maximum absolute atomic E-state index is 6.37. The molecule has 3 heteroatoms. The van der Waals surface area contributed by atoms with Crippen molar-refractivity contribution >= 4 is 0 Å². The molecular formula is C16H26N2O. The van der Waals surface area contributed by atoms with Gasteiger partial charge >= 0.3 is 0 Å². The lowest BCUT2D eigenvalue weighted by Crippen LogP contribution is -2.42. The van der Waals surface area contributed by atoms with Crippen LogP contribution >= 0.6 is 0 Å². The molecule has 0 amide bonds. The maximum Gasteiger partial charge on any atom is 0.123 e. The summed E-state index contributed by atoms with van der Waals surface area (Å²) in [6, 6.07) is 8.09. The number of hydrogen-bond acceptors (Lipinski definition) is 3. The average molecular weight is 262 g/mol. The number of para-hydroxylation sites is 1. The van der Waals surface area contributed by atoms with Crippen molar-refractivity contribution in [2.75, 3.05) is 26.7 Å². The Morgan fingerprint density at radius 2 is 1.89 bits per heavy atom. The van der Waals surface area contributed by atoms with Crippen LogP contribution in [0.5, 0.6) is 5.75 Å². The lowest BCUT2D eigenvalue weighted by molar-refractivity contribution is 0.133. The second kappa shape index (κ2) is 6.40. The zero-order valence-corrected chi connectivity index (χ0v) is 12.3. The van der Waals surface area contributed by atoms with Gasteiger partial charge in [-0.05, 0) is 24.3 Å². The fourth-order valence-electron chi connectivity index (χ4n) is 3.29. The molecule has 1 aromatic carbocycles. The van der Waals surface area contributed by atoms with Crippen LogP contribution in [-0.2, 0) is 0 Å². The molecule has 19 heavy (non-hydrogen) atoms. The molecule has 1 heterocycles. The molecular weight excluding hydrogens is 236 g/mol. The highest BCUT2D eigenvalue weighted by atomic mass is 16.5. The van der Waals surface area contributed by atoms with E-state index < -0.39 is 0 Å². The van der Waals surface area contributed by atoms with Crippen LogP contribution in [-0.4, -0.2) is 31.6 Å². The first-order valence-electron chi connectivity index (χ1n) is 7.21. The number of nitrogens with zero attached hydrogens (tertiary/aromatic N) is 1. The fourth-order valence-corrected chi connectivity index (χ4v) is 3.29. The van der Waals surface area contributed by atoms with Crippen molar-refractivity contribution in [3.05, 3.63) is 29.8 Å². The molecule has 2 rings (SSSR count). The lowest BCUT2D eigenvalue weighted by atomic mass is 9.91. The summed E-state index contributed by atoms with van der Waals surface area (Å²) in [5, 5.41) is 0. The van der Waals surface area contributed by atoms with E-state index in [0.29, 0.717) is 0 Å². The van der Waals surface area contributed by atoms with Crippen LogP contribution < -0.4 is 10.5 Å². The lowest BCUT2D eigenvalue weighted by Gasteiger charge is -2.36. The van der Waals surface area contributed by atoms with Crippen LogP contribution in [0.1, 0.15) is 31.9 Å². The van der Waals surface area contributed by atoms with Gasteiger partial charge in [-0.3, -0.25) is 0 Å². The second-order valence-electron chi connectivity index (χ2n) is 6.01. The third kappa shape index (κ3) is 3.71. The van der Waals surface area contributed by atoms with Crippen LogP contribution in [0.3, 0.4) is 0 Å². The Kier molecular flexibility index (Phi) is 4.83. The topological polar surface area (TPSA) is 38.5 Å². The van der Waals surface area contributed by atoms with Gasteiger partial charge in [-0.15, -0.1) is 0 Å².